The van der Waals surface area contributed by atoms with E-state index in [2.05, 4.69) is 15.4 Å². The lowest BCUT2D eigenvalue weighted by Gasteiger charge is -2.14. The molecule has 0 aromatic heterocycles. The van der Waals surface area contributed by atoms with Crippen molar-refractivity contribution in [3.05, 3.63) is 59.2 Å². The molecular formula is C19H26ClN3O3S. The molecule has 2 aromatic rings. The zero-order valence-corrected chi connectivity index (χ0v) is 17.5. The number of aryl methyl sites for hydroxylation is 2. The molecular weight excluding hydrogens is 386 g/mol. The fourth-order valence-electron chi connectivity index (χ4n) is 2.31. The highest BCUT2D eigenvalue weighted by molar-refractivity contribution is 7.92. The number of likely N-dealkylation sites (N-methyl/N-ethyl adjacent to an activating group) is 1. The lowest BCUT2D eigenvalue weighted by molar-refractivity contribution is 0.0950. The van der Waals surface area contributed by atoms with Crippen LogP contribution in [0.2, 0.25) is 0 Å². The van der Waals surface area contributed by atoms with E-state index in [0.29, 0.717) is 23.4 Å². The molecule has 2 aromatic carbocycles. The van der Waals surface area contributed by atoms with E-state index in [1.54, 1.807) is 31.2 Å². The summed E-state index contributed by atoms with van der Waals surface area (Å²) in [5.74, 6) is -0.307. The molecule has 6 nitrogen and oxygen atoms in total. The van der Waals surface area contributed by atoms with Crippen molar-refractivity contribution in [3.8, 4) is 0 Å². The average Bonchev–Trinajstić information content (AvgIpc) is 2.61. The molecule has 0 aliphatic carbocycles. The highest BCUT2D eigenvalue weighted by Crippen LogP contribution is 2.21. The quantitative estimate of drug-likeness (QED) is 0.653. The van der Waals surface area contributed by atoms with Gasteiger partial charge in [-0.25, -0.2) is 8.42 Å². The summed E-state index contributed by atoms with van der Waals surface area (Å²) in [5.41, 5.74) is 2.40. The average molecular weight is 412 g/mol. The SMILES string of the molecule is CNC(C)CNC(=O)c1ccc(C)c(S(=O)(=O)Nc2ccc(C)cc2)c1.Cl. The van der Waals surface area contributed by atoms with E-state index in [-0.39, 0.29) is 29.3 Å². The van der Waals surface area contributed by atoms with Gasteiger partial charge in [-0.2, -0.15) is 0 Å². The fourth-order valence-corrected chi connectivity index (χ4v) is 3.64. The number of sulfonamides is 1. The van der Waals surface area contributed by atoms with Crippen molar-refractivity contribution in [2.75, 3.05) is 18.3 Å². The summed E-state index contributed by atoms with van der Waals surface area (Å²) in [6.45, 7) is 6.03. The molecule has 0 saturated carbocycles. The van der Waals surface area contributed by atoms with Crippen LogP contribution in [-0.4, -0.2) is 34.0 Å². The number of rotatable bonds is 7. The second kappa shape index (κ2) is 9.73. The molecule has 0 bridgehead atoms. The van der Waals surface area contributed by atoms with Crippen LogP contribution in [0.3, 0.4) is 0 Å². The van der Waals surface area contributed by atoms with Gasteiger partial charge in [0, 0.05) is 23.8 Å². The highest BCUT2D eigenvalue weighted by Gasteiger charge is 2.19. The summed E-state index contributed by atoms with van der Waals surface area (Å²) in [4.78, 5) is 12.4. The predicted molar refractivity (Wildman–Crippen MR) is 111 cm³/mol. The number of carbonyl (C=O) groups excluding carboxylic acids is 1. The van der Waals surface area contributed by atoms with E-state index in [1.165, 1.54) is 6.07 Å². The van der Waals surface area contributed by atoms with Gasteiger partial charge in [-0.15, -0.1) is 12.4 Å². The number of carbonyl (C=O) groups is 1. The maximum Gasteiger partial charge on any atom is 0.262 e. The van der Waals surface area contributed by atoms with Gasteiger partial charge in [-0.05, 0) is 57.6 Å². The number of hydrogen-bond donors (Lipinski definition) is 3. The van der Waals surface area contributed by atoms with E-state index < -0.39 is 10.0 Å². The minimum Gasteiger partial charge on any atom is -0.350 e. The molecule has 3 N–H and O–H groups in total. The van der Waals surface area contributed by atoms with Gasteiger partial charge >= 0.3 is 0 Å². The van der Waals surface area contributed by atoms with Crippen molar-refractivity contribution in [3.63, 3.8) is 0 Å². The Kier molecular flexibility index (Phi) is 8.27. The van der Waals surface area contributed by atoms with E-state index in [4.69, 9.17) is 0 Å². The summed E-state index contributed by atoms with van der Waals surface area (Å²) in [6.07, 6.45) is 0. The Balaban J connectivity index is 0.00000364. The van der Waals surface area contributed by atoms with E-state index in [9.17, 15) is 13.2 Å². The summed E-state index contributed by atoms with van der Waals surface area (Å²) in [6, 6.07) is 11.9. The zero-order chi connectivity index (χ0) is 19.3. The summed E-state index contributed by atoms with van der Waals surface area (Å²) >= 11 is 0. The Morgan fingerprint density at radius 1 is 1.07 bits per heavy atom. The van der Waals surface area contributed by atoms with Gasteiger partial charge in [0.2, 0.25) is 0 Å². The lowest BCUT2D eigenvalue weighted by atomic mass is 10.1. The topological polar surface area (TPSA) is 87.3 Å². The molecule has 2 rings (SSSR count). The Bertz CT molecular complexity index is 884. The normalized spacial score (nSPS) is 12.0. The molecule has 0 radical (unpaired) electrons. The first-order valence-electron chi connectivity index (χ1n) is 8.38. The van der Waals surface area contributed by atoms with Gasteiger partial charge in [-0.1, -0.05) is 23.8 Å². The van der Waals surface area contributed by atoms with Gasteiger partial charge in [-0.3, -0.25) is 9.52 Å². The van der Waals surface area contributed by atoms with Crippen LogP contribution in [0.4, 0.5) is 5.69 Å². The molecule has 0 aliphatic rings. The Hall–Kier alpha value is -2.09. The molecule has 27 heavy (non-hydrogen) atoms. The molecule has 8 heteroatoms. The Labute approximate surface area is 167 Å². The van der Waals surface area contributed by atoms with Crippen LogP contribution in [-0.2, 0) is 10.0 Å². The maximum atomic E-state index is 12.7. The van der Waals surface area contributed by atoms with Crippen molar-refractivity contribution in [2.45, 2.75) is 31.7 Å². The van der Waals surface area contributed by atoms with Crippen LogP contribution >= 0.6 is 12.4 Å². The van der Waals surface area contributed by atoms with Crippen LogP contribution in [0, 0.1) is 13.8 Å². The minimum atomic E-state index is -3.79. The third-order valence-corrected chi connectivity index (χ3v) is 5.63. The molecule has 1 amide bonds. The smallest absolute Gasteiger partial charge is 0.262 e. The first-order chi connectivity index (χ1) is 12.2. The number of hydrogen-bond acceptors (Lipinski definition) is 4. The number of halogens is 1. The molecule has 148 valence electrons. The summed E-state index contributed by atoms with van der Waals surface area (Å²) < 4.78 is 28.0. The van der Waals surface area contributed by atoms with Crippen molar-refractivity contribution in [1.82, 2.24) is 10.6 Å². The van der Waals surface area contributed by atoms with Gasteiger partial charge in [0.25, 0.3) is 15.9 Å². The van der Waals surface area contributed by atoms with Gasteiger partial charge in [0.05, 0.1) is 4.90 Å². The highest BCUT2D eigenvalue weighted by atomic mass is 35.5. The van der Waals surface area contributed by atoms with Gasteiger partial charge in [0.15, 0.2) is 0 Å². The Morgan fingerprint density at radius 2 is 1.70 bits per heavy atom. The standard InChI is InChI=1S/C19H25N3O3S.ClH/c1-13-5-9-17(10-6-13)22-26(24,25)18-11-16(8-7-14(18)2)19(23)21-12-15(3)20-4;/h5-11,15,20,22H,12H2,1-4H3,(H,21,23);1H. The van der Waals surface area contributed by atoms with Gasteiger partial charge < -0.3 is 10.6 Å². The molecule has 0 saturated heterocycles. The second-order valence-corrected chi connectivity index (χ2v) is 8.00. The third kappa shape index (κ3) is 6.23. The number of anilines is 1. The lowest BCUT2D eigenvalue weighted by Crippen LogP contribution is -2.37. The third-order valence-electron chi connectivity index (χ3n) is 4.11. The summed E-state index contributed by atoms with van der Waals surface area (Å²) in [7, 11) is -1.98. The van der Waals surface area contributed by atoms with Crippen LogP contribution in [0.1, 0.15) is 28.4 Å². The summed E-state index contributed by atoms with van der Waals surface area (Å²) in [5, 5.41) is 5.81. The number of amides is 1. The first kappa shape index (κ1) is 23.0. The van der Waals surface area contributed by atoms with Crippen LogP contribution in [0.15, 0.2) is 47.4 Å². The van der Waals surface area contributed by atoms with Crippen molar-refractivity contribution in [1.29, 1.82) is 0 Å². The number of nitrogens with one attached hydrogen (secondary N) is 3. The van der Waals surface area contributed by atoms with E-state index in [0.717, 1.165) is 5.56 Å². The first-order valence-corrected chi connectivity index (χ1v) is 9.87. The zero-order valence-electron chi connectivity index (χ0n) is 15.9. The monoisotopic (exact) mass is 411 g/mol. The Morgan fingerprint density at radius 3 is 2.30 bits per heavy atom. The van der Waals surface area contributed by atoms with Crippen molar-refractivity contribution >= 4 is 34.0 Å². The number of benzene rings is 2. The molecule has 0 heterocycles. The predicted octanol–water partition coefficient (Wildman–Crippen LogP) is 2.86. The van der Waals surface area contributed by atoms with Crippen LogP contribution < -0.4 is 15.4 Å². The molecule has 0 spiro atoms. The largest absolute Gasteiger partial charge is 0.350 e. The fraction of sp³-hybridized carbons (Fsp3) is 0.316. The van der Waals surface area contributed by atoms with E-state index in [1.807, 2.05) is 33.0 Å². The minimum absolute atomic E-state index is 0. The van der Waals surface area contributed by atoms with Crippen LogP contribution in [0.5, 0.6) is 0 Å². The van der Waals surface area contributed by atoms with Crippen molar-refractivity contribution in [2.24, 2.45) is 0 Å². The second-order valence-electron chi connectivity index (χ2n) is 6.35. The van der Waals surface area contributed by atoms with E-state index >= 15 is 0 Å². The maximum absolute atomic E-state index is 12.7. The molecule has 0 aliphatic heterocycles. The van der Waals surface area contributed by atoms with Crippen LogP contribution in [0.25, 0.3) is 0 Å². The molecule has 0 fully saturated rings. The van der Waals surface area contributed by atoms with Crippen molar-refractivity contribution < 1.29 is 13.2 Å². The molecule has 1 unspecified atom stereocenters. The van der Waals surface area contributed by atoms with Gasteiger partial charge in [0.1, 0.15) is 0 Å². The molecule has 1 atom stereocenters.